The number of rotatable bonds is 1. The van der Waals surface area contributed by atoms with Gasteiger partial charge in [0.1, 0.15) is 0 Å². The van der Waals surface area contributed by atoms with Crippen LogP contribution in [0.1, 0.15) is 6.92 Å². The van der Waals surface area contributed by atoms with Gasteiger partial charge in [-0.25, -0.2) is 0 Å². The Hall–Kier alpha value is -0.340. The second kappa shape index (κ2) is 3.19. The highest BCUT2D eigenvalue weighted by atomic mass is 15.0. The molecule has 0 bridgehead atoms. The zero-order valence-electron chi connectivity index (χ0n) is 7.88. The second-order valence-electron chi connectivity index (χ2n) is 4.04. The molecule has 0 saturated carbocycles. The van der Waals surface area contributed by atoms with Crippen molar-refractivity contribution in [3.63, 3.8) is 0 Å². The molecular weight excluding hydrogens is 148 g/mol. The molecular formula is C10H18N2. The Labute approximate surface area is 74.4 Å². The Kier molecular flexibility index (Phi) is 2.20. The van der Waals surface area contributed by atoms with Gasteiger partial charge in [-0.1, -0.05) is 19.1 Å². The summed E-state index contributed by atoms with van der Waals surface area (Å²) in [7, 11) is 2.06. The molecule has 12 heavy (non-hydrogen) atoms. The third-order valence-corrected chi connectivity index (χ3v) is 3.40. The molecule has 0 aromatic heterocycles. The van der Waals surface area contributed by atoms with Crippen molar-refractivity contribution >= 4 is 0 Å². The molecule has 0 spiro atoms. The quantitative estimate of drug-likeness (QED) is 0.558. The summed E-state index contributed by atoms with van der Waals surface area (Å²) in [4.78, 5) is 0. The van der Waals surface area contributed by atoms with Crippen molar-refractivity contribution in [2.24, 2.45) is 17.8 Å². The maximum absolute atomic E-state index is 3.48. The van der Waals surface area contributed by atoms with Crippen LogP contribution < -0.4 is 10.6 Å². The molecule has 1 saturated heterocycles. The molecule has 0 amide bonds. The lowest BCUT2D eigenvalue weighted by molar-refractivity contribution is 0.284. The molecule has 1 aliphatic heterocycles. The van der Waals surface area contributed by atoms with Gasteiger partial charge in [0.15, 0.2) is 0 Å². The van der Waals surface area contributed by atoms with Gasteiger partial charge in [0.05, 0.1) is 0 Å². The van der Waals surface area contributed by atoms with Crippen LogP contribution in [0.4, 0.5) is 0 Å². The Morgan fingerprint density at radius 2 is 2.00 bits per heavy atom. The fourth-order valence-corrected chi connectivity index (χ4v) is 2.58. The van der Waals surface area contributed by atoms with Crippen LogP contribution in [-0.4, -0.2) is 26.2 Å². The zero-order chi connectivity index (χ0) is 8.55. The second-order valence-corrected chi connectivity index (χ2v) is 4.04. The summed E-state index contributed by atoms with van der Waals surface area (Å²) in [6.07, 6.45) is 4.69. The zero-order valence-corrected chi connectivity index (χ0v) is 7.88. The lowest BCUT2D eigenvalue weighted by atomic mass is 9.76. The van der Waals surface area contributed by atoms with Gasteiger partial charge in [-0.15, -0.1) is 0 Å². The fraction of sp³-hybridized carbons (Fsp3) is 0.800. The molecule has 1 fully saturated rings. The van der Waals surface area contributed by atoms with E-state index in [-0.39, 0.29) is 0 Å². The molecule has 2 nitrogen and oxygen atoms in total. The van der Waals surface area contributed by atoms with Gasteiger partial charge in [-0.2, -0.15) is 0 Å². The first-order valence-corrected chi connectivity index (χ1v) is 4.89. The number of likely N-dealkylation sites (N-methyl/N-ethyl adjacent to an activating group) is 1. The molecule has 2 unspecified atom stereocenters. The summed E-state index contributed by atoms with van der Waals surface area (Å²) >= 11 is 0. The summed E-state index contributed by atoms with van der Waals surface area (Å²) in [5, 5.41) is 6.85. The first-order chi connectivity index (χ1) is 5.83. The van der Waals surface area contributed by atoms with Gasteiger partial charge < -0.3 is 10.6 Å². The van der Waals surface area contributed by atoms with Crippen LogP contribution in [-0.2, 0) is 0 Å². The maximum atomic E-state index is 3.48. The third-order valence-electron chi connectivity index (χ3n) is 3.40. The number of hydrogen-bond acceptors (Lipinski definition) is 2. The van der Waals surface area contributed by atoms with E-state index in [1.807, 2.05) is 0 Å². The van der Waals surface area contributed by atoms with E-state index in [2.05, 4.69) is 36.8 Å². The summed E-state index contributed by atoms with van der Waals surface area (Å²) < 4.78 is 0. The molecule has 4 atom stereocenters. The van der Waals surface area contributed by atoms with Crippen molar-refractivity contribution in [3.8, 4) is 0 Å². The molecule has 0 aromatic carbocycles. The first-order valence-electron chi connectivity index (χ1n) is 4.89. The van der Waals surface area contributed by atoms with Crippen molar-refractivity contribution in [3.05, 3.63) is 12.2 Å². The molecule has 2 heteroatoms. The van der Waals surface area contributed by atoms with Gasteiger partial charge >= 0.3 is 0 Å². The third kappa shape index (κ3) is 1.19. The van der Waals surface area contributed by atoms with Gasteiger partial charge in [0.2, 0.25) is 0 Å². The lowest BCUT2D eigenvalue weighted by Gasteiger charge is -2.32. The minimum absolute atomic E-state index is 0.598. The largest absolute Gasteiger partial charge is 0.316 e. The van der Waals surface area contributed by atoms with Crippen LogP contribution in [0, 0.1) is 17.8 Å². The topological polar surface area (TPSA) is 24.1 Å². The summed E-state index contributed by atoms with van der Waals surface area (Å²) in [5.41, 5.74) is 0. The predicted octanol–water partition coefficient (Wildman–Crippen LogP) is 0.616. The van der Waals surface area contributed by atoms with Crippen LogP contribution in [0.15, 0.2) is 12.2 Å². The summed E-state index contributed by atoms with van der Waals surface area (Å²) in [6.45, 7) is 4.71. The normalized spacial score (nSPS) is 46.2. The first kappa shape index (κ1) is 8.27. The standard InChI is InChI=1S/C10H18N2/c1-7-3-4-10(11-2)9-6-12-5-8(7)9/h3-4,7-12H,5-6H2,1-2H3/t7?,8-,9-,10?/m1/s1. The fourth-order valence-electron chi connectivity index (χ4n) is 2.58. The Morgan fingerprint density at radius 3 is 2.75 bits per heavy atom. The Morgan fingerprint density at radius 1 is 1.25 bits per heavy atom. The van der Waals surface area contributed by atoms with E-state index in [4.69, 9.17) is 0 Å². The highest BCUT2D eigenvalue weighted by Gasteiger charge is 2.36. The molecule has 0 aromatic rings. The average molecular weight is 166 g/mol. The van der Waals surface area contributed by atoms with E-state index in [9.17, 15) is 0 Å². The van der Waals surface area contributed by atoms with E-state index in [1.165, 1.54) is 13.1 Å². The van der Waals surface area contributed by atoms with E-state index in [1.54, 1.807) is 0 Å². The highest BCUT2D eigenvalue weighted by molar-refractivity contribution is 5.10. The van der Waals surface area contributed by atoms with E-state index >= 15 is 0 Å². The number of fused-ring (bicyclic) bond motifs is 1. The minimum Gasteiger partial charge on any atom is -0.316 e. The van der Waals surface area contributed by atoms with Crippen LogP contribution in [0.25, 0.3) is 0 Å². The van der Waals surface area contributed by atoms with Crippen LogP contribution >= 0.6 is 0 Å². The predicted molar refractivity (Wildman–Crippen MR) is 51.0 cm³/mol. The van der Waals surface area contributed by atoms with Crippen molar-refractivity contribution in [1.82, 2.24) is 10.6 Å². The van der Waals surface area contributed by atoms with Crippen LogP contribution in [0.5, 0.6) is 0 Å². The van der Waals surface area contributed by atoms with Gasteiger partial charge in [-0.05, 0) is 31.3 Å². The van der Waals surface area contributed by atoms with Crippen molar-refractivity contribution in [2.75, 3.05) is 20.1 Å². The molecule has 2 rings (SSSR count). The molecule has 68 valence electrons. The molecule has 2 aliphatic rings. The number of allylic oxidation sites excluding steroid dienone is 1. The molecule has 2 N–H and O–H groups in total. The van der Waals surface area contributed by atoms with Gasteiger partial charge in [0.25, 0.3) is 0 Å². The average Bonchev–Trinajstić information content (AvgIpc) is 2.54. The number of hydrogen-bond donors (Lipinski definition) is 2. The van der Waals surface area contributed by atoms with E-state index in [0.29, 0.717) is 6.04 Å². The van der Waals surface area contributed by atoms with Gasteiger partial charge in [0, 0.05) is 12.6 Å². The van der Waals surface area contributed by atoms with E-state index in [0.717, 1.165) is 17.8 Å². The number of nitrogens with one attached hydrogen (secondary N) is 2. The lowest BCUT2D eigenvalue weighted by Crippen LogP contribution is -2.40. The van der Waals surface area contributed by atoms with Crippen molar-refractivity contribution in [1.29, 1.82) is 0 Å². The molecule has 0 radical (unpaired) electrons. The van der Waals surface area contributed by atoms with Crippen molar-refractivity contribution < 1.29 is 0 Å². The maximum Gasteiger partial charge on any atom is 0.0291 e. The highest BCUT2D eigenvalue weighted by Crippen LogP contribution is 2.32. The Bertz CT molecular complexity index is 188. The Balaban J connectivity index is 2.15. The summed E-state index contributed by atoms with van der Waals surface area (Å²) in [6, 6.07) is 0.598. The molecule has 1 heterocycles. The van der Waals surface area contributed by atoms with E-state index < -0.39 is 0 Å². The monoisotopic (exact) mass is 166 g/mol. The smallest absolute Gasteiger partial charge is 0.0291 e. The SMILES string of the molecule is CNC1C=CC(C)[C@H]2CNC[C@@H]12. The minimum atomic E-state index is 0.598. The van der Waals surface area contributed by atoms with Crippen LogP contribution in [0.3, 0.4) is 0 Å². The van der Waals surface area contributed by atoms with Crippen molar-refractivity contribution in [2.45, 2.75) is 13.0 Å². The van der Waals surface area contributed by atoms with Gasteiger partial charge in [-0.3, -0.25) is 0 Å². The van der Waals surface area contributed by atoms with Crippen LogP contribution in [0.2, 0.25) is 0 Å². The summed E-state index contributed by atoms with van der Waals surface area (Å²) in [5.74, 6) is 2.43. The molecule has 1 aliphatic carbocycles.